The standard InChI is InChI=1S/C14H15NO.C8H12/c1-4-11-13(5-2)16-14-10-8-7-9-12(14)15(11)6-3;1-4-7-8(5-2)6-3/h4-5,7-10H,1-2,6H2,3H3;4-7H,2H2,1,3H3/b;7-4-,8-6-. The minimum absolute atomic E-state index is 0.760. The molecule has 1 aromatic rings. The van der Waals surface area contributed by atoms with E-state index in [-0.39, 0.29) is 0 Å². The van der Waals surface area contributed by atoms with E-state index < -0.39 is 0 Å². The minimum Gasteiger partial charge on any atom is -0.453 e. The van der Waals surface area contributed by atoms with Crippen LogP contribution in [-0.4, -0.2) is 6.54 Å². The van der Waals surface area contributed by atoms with Gasteiger partial charge in [0.25, 0.3) is 0 Å². The lowest BCUT2D eigenvalue weighted by Crippen LogP contribution is -2.27. The number of fused-ring (bicyclic) bond motifs is 1. The Hall–Kier alpha value is -2.74. The van der Waals surface area contributed by atoms with Gasteiger partial charge in [-0.2, -0.15) is 0 Å². The molecule has 0 saturated heterocycles. The van der Waals surface area contributed by atoms with Crippen molar-refractivity contribution in [2.24, 2.45) is 0 Å². The number of likely N-dealkylation sites (N-methyl/N-ethyl adjacent to an activating group) is 1. The van der Waals surface area contributed by atoms with Crippen molar-refractivity contribution in [3.05, 3.63) is 97.5 Å². The van der Waals surface area contributed by atoms with Crippen LogP contribution in [-0.2, 0) is 0 Å². The van der Waals surface area contributed by atoms with Gasteiger partial charge in [-0.15, -0.1) is 0 Å². The summed E-state index contributed by atoms with van der Waals surface area (Å²) in [6.07, 6.45) is 11.4. The van der Waals surface area contributed by atoms with E-state index in [2.05, 4.69) is 31.6 Å². The molecular weight excluding hydrogens is 294 g/mol. The van der Waals surface area contributed by atoms with Gasteiger partial charge < -0.3 is 9.64 Å². The Balaban J connectivity index is 0.000000307. The molecule has 0 N–H and O–H groups in total. The van der Waals surface area contributed by atoms with Crippen molar-refractivity contribution in [3.8, 4) is 5.75 Å². The van der Waals surface area contributed by atoms with Crippen LogP contribution in [0.2, 0.25) is 0 Å². The summed E-state index contributed by atoms with van der Waals surface area (Å²) in [7, 11) is 0. The number of hydrogen-bond acceptors (Lipinski definition) is 2. The molecule has 1 heterocycles. The van der Waals surface area contributed by atoms with Gasteiger partial charge in [-0.1, -0.05) is 56.2 Å². The number of anilines is 1. The van der Waals surface area contributed by atoms with Gasteiger partial charge in [-0.3, -0.25) is 0 Å². The predicted octanol–water partition coefficient (Wildman–Crippen LogP) is 6.18. The molecule has 2 nitrogen and oxygen atoms in total. The molecule has 0 unspecified atom stereocenters. The lowest BCUT2D eigenvalue weighted by molar-refractivity contribution is 0.428. The van der Waals surface area contributed by atoms with Crippen LogP contribution in [0.5, 0.6) is 5.75 Å². The normalized spacial score (nSPS) is 13.6. The van der Waals surface area contributed by atoms with E-state index in [0.717, 1.165) is 29.4 Å². The molecule has 0 atom stereocenters. The van der Waals surface area contributed by atoms with Crippen molar-refractivity contribution in [3.63, 3.8) is 0 Å². The summed E-state index contributed by atoms with van der Waals surface area (Å²) in [4.78, 5) is 2.17. The van der Waals surface area contributed by atoms with E-state index >= 15 is 0 Å². The smallest absolute Gasteiger partial charge is 0.151 e. The summed E-state index contributed by atoms with van der Waals surface area (Å²) in [6.45, 7) is 18.2. The molecule has 0 amide bonds. The summed E-state index contributed by atoms with van der Waals surface area (Å²) in [5.74, 6) is 1.63. The van der Waals surface area contributed by atoms with Gasteiger partial charge in [-0.25, -0.2) is 0 Å². The monoisotopic (exact) mass is 321 g/mol. The molecule has 0 bridgehead atoms. The Morgan fingerprint density at radius 1 is 1.12 bits per heavy atom. The molecule has 1 aromatic carbocycles. The first-order valence-corrected chi connectivity index (χ1v) is 8.11. The highest BCUT2D eigenvalue weighted by Crippen LogP contribution is 2.37. The second kappa shape index (κ2) is 10.1. The third-order valence-electron chi connectivity index (χ3n) is 3.54. The zero-order chi connectivity index (χ0) is 17.9. The third-order valence-corrected chi connectivity index (χ3v) is 3.54. The van der Waals surface area contributed by atoms with Gasteiger partial charge in [-0.05, 0) is 50.6 Å². The number of benzene rings is 1. The van der Waals surface area contributed by atoms with E-state index in [4.69, 9.17) is 4.74 Å². The number of ether oxygens (including phenoxy) is 1. The molecule has 2 heteroatoms. The lowest BCUT2D eigenvalue weighted by Gasteiger charge is -2.32. The summed E-state index contributed by atoms with van der Waals surface area (Å²) >= 11 is 0. The van der Waals surface area contributed by atoms with Gasteiger partial charge in [0.15, 0.2) is 11.5 Å². The van der Waals surface area contributed by atoms with Crippen LogP contribution < -0.4 is 9.64 Å². The van der Waals surface area contributed by atoms with Crippen LogP contribution in [0.4, 0.5) is 5.69 Å². The van der Waals surface area contributed by atoms with Gasteiger partial charge in [0.05, 0.1) is 11.4 Å². The first kappa shape index (κ1) is 19.3. The van der Waals surface area contributed by atoms with Crippen molar-refractivity contribution in [2.45, 2.75) is 20.8 Å². The Morgan fingerprint density at radius 3 is 2.29 bits per heavy atom. The summed E-state index contributed by atoms with van der Waals surface area (Å²) < 4.78 is 5.77. The SMILES string of the molecule is C=CC(/C=C\C)=C/C.C=CC1=C(C=C)N(CC)c2ccccc2O1. The highest BCUT2D eigenvalue weighted by Gasteiger charge is 2.21. The summed E-state index contributed by atoms with van der Waals surface area (Å²) in [5.41, 5.74) is 3.22. The molecule has 1 aliphatic heterocycles. The topological polar surface area (TPSA) is 12.5 Å². The molecule has 24 heavy (non-hydrogen) atoms. The maximum atomic E-state index is 5.77. The second-order valence-corrected chi connectivity index (χ2v) is 4.96. The molecule has 2 rings (SSSR count). The maximum Gasteiger partial charge on any atom is 0.151 e. The summed E-state index contributed by atoms with van der Waals surface area (Å²) in [6, 6.07) is 7.97. The molecule has 0 saturated carbocycles. The number of hydrogen-bond donors (Lipinski definition) is 0. The third kappa shape index (κ3) is 4.63. The highest BCUT2D eigenvalue weighted by molar-refractivity contribution is 5.67. The number of nitrogens with zero attached hydrogens (tertiary/aromatic N) is 1. The fraction of sp³-hybridized carbons (Fsp3) is 0.182. The van der Waals surface area contributed by atoms with Crippen molar-refractivity contribution < 1.29 is 4.74 Å². The van der Waals surface area contributed by atoms with E-state index in [1.54, 1.807) is 12.2 Å². The Morgan fingerprint density at radius 2 is 1.83 bits per heavy atom. The quantitative estimate of drug-likeness (QED) is 0.600. The van der Waals surface area contributed by atoms with Crippen LogP contribution in [0, 0.1) is 0 Å². The zero-order valence-corrected chi connectivity index (χ0v) is 15.0. The van der Waals surface area contributed by atoms with Crippen molar-refractivity contribution in [1.29, 1.82) is 0 Å². The average Bonchev–Trinajstić information content (AvgIpc) is 2.64. The van der Waals surface area contributed by atoms with Gasteiger partial charge in [0.2, 0.25) is 0 Å². The van der Waals surface area contributed by atoms with E-state index in [9.17, 15) is 0 Å². The molecule has 1 aliphatic rings. The summed E-state index contributed by atoms with van der Waals surface area (Å²) in [5, 5.41) is 0. The lowest BCUT2D eigenvalue weighted by atomic mass is 10.2. The van der Waals surface area contributed by atoms with E-state index in [1.807, 2.05) is 62.4 Å². The zero-order valence-electron chi connectivity index (χ0n) is 15.0. The Kier molecular flexibility index (Phi) is 8.14. The maximum absolute atomic E-state index is 5.77. The fourth-order valence-corrected chi connectivity index (χ4v) is 2.37. The first-order valence-electron chi connectivity index (χ1n) is 8.11. The molecule has 0 aromatic heterocycles. The largest absolute Gasteiger partial charge is 0.453 e. The van der Waals surface area contributed by atoms with E-state index in [1.165, 1.54) is 5.57 Å². The Labute approximate surface area is 146 Å². The number of para-hydroxylation sites is 2. The van der Waals surface area contributed by atoms with Crippen molar-refractivity contribution in [1.82, 2.24) is 0 Å². The van der Waals surface area contributed by atoms with Gasteiger partial charge >= 0.3 is 0 Å². The highest BCUT2D eigenvalue weighted by atomic mass is 16.5. The predicted molar refractivity (Wildman–Crippen MR) is 106 cm³/mol. The minimum atomic E-state index is 0.760. The van der Waals surface area contributed by atoms with Crippen molar-refractivity contribution in [2.75, 3.05) is 11.4 Å². The van der Waals surface area contributed by atoms with E-state index in [0.29, 0.717) is 0 Å². The average molecular weight is 321 g/mol. The van der Waals surface area contributed by atoms with Gasteiger partial charge in [0.1, 0.15) is 0 Å². The molecular formula is C22H27NO. The van der Waals surface area contributed by atoms with Crippen LogP contribution in [0.3, 0.4) is 0 Å². The molecule has 0 radical (unpaired) electrons. The van der Waals surface area contributed by atoms with Crippen LogP contribution in [0.25, 0.3) is 0 Å². The number of allylic oxidation sites excluding steroid dienone is 7. The molecule has 126 valence electrons. The molecule has 0 aliphatic carbocycles. The van der Waals surface area contributed by atoms with Crippen molar-refractivity contribution >= 4 is 5.69 Å². The second-order valence-electron chi connectivity index (χ2n) is 4.96. The first-order chi connectivity index (χ1) is 11.7. The van der Waals surface area contributed by atoms with Crippen LogP contribution >= 0.6 is 0 Å². The van der Waals surface area contributed by atoms with Crippen LogP contribution in [0.1, 0.15) is 20.8 Å². The molecule has 0 spiro atoms. The van der Waals surface area contributed by atoms with Crippen LogP contribution in [0.15, 0.2) is 97.5 Å². The van der Waals surface area contributed by atoms with Gasteiger partial charge in [0, 0.05) is 6.54 Å². The number of rotatable bonds is 5. The molecule has 0 fully saturated rings. The fourth-order valence-electron chi connectivity index (χ4n) is 2.37. The Bertz CT molecular complexity index is 677.